The van der Waals surface area contributed by atoms with E-state index in [1.807, 2.05) is 0 Å². The van der Waals surface area contributed by atoms with Crippen LogP contribution < -0.4 is 5.32 Å². The number of benzene rings is 1. The summed E-state index contributed by atoms with van der Waals surface area (Å²) in [5.74, 6) is -0.515. The maximum absolute atomic E-state index is 12.6. The minimum atomic E-state index is -3.68. The van der Waals surface area contributed by atoms with Gasteiger partial charge in [-0.05, 0) is 19.1 Å². The first-order valence-electron chi connectivity index (χ1n) is 6.51. The second-order valence-corrected chi connectivity index (χ2v) is 6.29. The van der Waals surface area contributed by atoms with E-state index in [1.165, 1.54) is 16.4 Å². The molecule has 0 spiro atoms. The fraction of sp³-hybridized carbons (Fsp3) is 0.462. The van der Waals surface area contributed by atoms with E-state index in [1.54, 1.807) is 25.1 Å². The van der Waals surface area contributed by atoms with Crippen molar-refractivity contribution in [3.63, 3.8) is 0 Å². The molecule has 0 aliphatic carbocycles. The van der Waals surface area contributed by atoms with Crippen LogP contribution in [0, 0.1) is 0 Å². The second-order valence-electron chi connectivity index (χ2n) is 4.40. The summed E-state index contributed by atoms with van der Waals surface area (Å²) < 4.78 is 31.4. The molecule has 1 aromatic carbocycles. The van der Waals surface area contributed by atoms with Crippen molar-refractivity contribution < 1.29 is 17.9 Å². The number of piperazine rings is 1. The number of hydrogen-bond acceptors (Lipinski definition) is 5. The molecule has 2 rings (SSSR count). The Hall–Kier alpha value is -1.44. The fourth-order valence-electron chi connectivity index (χ4n) is 2.14. The molecule has 1 heterocycles. The lowest BCUT2D eigenvalue weighted by Gasteiger charge is -2.33. The molecule has 0 amide bonds. The van der Waals surface area contributed by atoms with Gasteiger partial charge in [0.05, 0.1) is 11.5 Å². The van der Waals surface area contributed by atoms with Gasteiger partial charge >= 0.3 is 5.97 Å². The molecular weight excluding hydrogens is 280 g/mol. The van der Waals surface area contributed by atoms with Gasteiger partial charge < -0.3 is 10.1 Å². The molecule has 0 radical (unpaired) electrons. The first-order valence-corrected chi connectivity index (χ1v) is 7.95. The van der Waals surface area contributed by atoms with E-state index in [-0.39, 0.29) is 24.6 Å². The van der Waals surface area contributed by atoms with Crippen molar-refractivity contribution >= 4 is 16.0 Å². The van der Waals surface area contributed by atoms with Crippen LogP contribution in [0.3, 0.4) is 0 Å². The van der Waals surface area contributed by atoms with Crippen LogP contribution >= 0.6 is 0 Å². The Morgan fingerprint density at radius 3 is 2.75 bits per heavy atom. The predicted molar refractivity (Wildman–Crippen MR) is 73.6 cm³/mol. The Labute approximate surface area is 118 Å². The highest BCUT2D eigenvalue weighted by atomic mass is 32.2. The summed E-state index contributed by atoms with van der Waals surface area (Å²) in [5.41, 5.74) is 0. The fourth-order valence-corrected chi connectivity index (χ4v) is 3.74. The molecule has 20 heavy (non-hydrogen) atoms. The molecule has 1 saturated heterocycles. The number of hydrogen-bond donors (Lipinski definition) is 1. The maximum Gasteiger partial charge on any atom is 0.325 e. The summed E-state index contributed by atoms with van der Waals surface area (Å²) >= 11 is 0. The lowest BCUT2D eigenvalue weighted by atomic mass is 10.2. The smallest absolute Gasteiger partial charge is 0.325 e. The third kappa shape index (κ3) is 3.00. The number of ether oxygens (including phenoxy) is 1. The molecule has 1 unspecified atom stereocenters. The van der Waals surface area contributed by atoms with E-state index >= 15 is 0 Å². The Morgan fingerprint density at radius 2 is 2.10 bits per heavy atom. The molecule has 1 N–H and O–H groups in total. The van der Waals surface area contributed by atoms with Crippen molar-refractivity contribution in [3.8, 4) is 0 Å². The van der Waals surface area contributed by atoms with E-state index < -0.39 is 22.0 Å². The molecule has 1 fully saturated rings. The number of carbonyl (C=O) groups excluding carboxylic acids is 1. The number of nitrogens with one attached hydrogen (secondary N) is 1. The largest absolute Gasteiger partial charge is 0.465 e. The number of carbonyl (C=O) groups is 1. The lowest BCUT2D eigenvalue weighted by molar-refractivity contribution is -0.148. The molecule has 7 heteroatoms. The molecule has 0 bridgehead atoms. The molecule has 6 nitrogen and oxygen atoms in total. The summed E-state index contributed by atoms with van der Waals surface area (Å²) in [6, 6.07) is 7.32. The van der Waals surface area contributed by atoms with Crippen molar-refractivity contribution in [1.29, 1.82) is 0 Å². The third-order valence-corrected chi connectivity index (χ3v) is 5.03. The van der Waals surface area contributed by atoms with Crippen LogP contribution in [-0.2, 0) is 19.6 Å². The SMILES string of the molecule is CCOC(=O)C1CNCCN1S(=O)(=O)c1ccccc1. The quantitative estimate of drug-likeness (QED) is 0.804. The Morgan fingerprint density at radius 1 is 1.40 bits per heavy atom. The van der Waals surface area contributed by atoms with Crippen molar-refractivity contribution in [2.45, 2.75) is 17.9 Å². The molecule has 1 aliphatic heterocycles. The van der Waals surface area contributed by atoms with E-state index in [0.29, 0.717) is 6.54 Å². The first-order chi connectivity index (χ1) is 9.57. The normalized spacial score (nSPS) is 20.6. The standard InChI is InChI=1S/C13H18N2O4S/c1-2-19-13(16)12-10-14-8-9-15(12)20(17,18)11-6-4-3-5-7-11/h3-7,12,14H,2,8-10H2,1H3. The van der Waals surface area contributed by atoms with Crippen molar-refractivity contribution in [2.75, 3.05) is 26.2 Å². The summed E-state index contributed by atoms with van der Waals surface area (Å²) in [5, 5.41) is 3.02. The van der Waals surface area contributed by atoms with Crippen LogP contribution in [0.1, 0.15) is 6.92 Å². The number of nitrogens with zero attached hydrogens (tertiary/aromatic N) is 1. The summed E-state index contributed by atoms with van der Waals surface area (Å²) in [6.45, 7) is 2.96. The second kappa shape index (κ2) is 6.34. The Balaban J connectivity index is 2.30. The molecule has 110 valence electrons. The average molecular weight is 298 g/mol. The number of sulfonamides is 1. The van der Waals surface area contributed by atoms with Crippen molar-refractivity contribution in [3.05, 3.63) is 30.3 Å². The van der Waals surface area contributed by atoms with Crippen LogP contribution in [-0.4, -0.2) is 51.0 Å². The van der Waals surface area contributed by atoms with Gasteiger partial charge in [-0.25, -0.2) is 8.42 Å². The van der Waals surface area contributed by atoms with E-state index in [0.717, 1.165) is 0 Å². The van der Waals surface area contributed by atoms with Gasteiger partial charge in [-0.2, -0.15) is 4.31 Å². The lowest BCUT2D eigenvalue weighted by Crippen LogP contribution is -2.57. The topological polar surface area (TPSA) is 75.7 Å². The molecule has 1 aromatic rings. The average Bonchev–Trinajstić information content (AvgIpc) is 2.48. The number of rotatable bonds is 4. The molecule has 0 saturated carbocycles. The zero-order valence-corrected chi connectivity index (χ0v) is 12.1. The Kier molecular flexibility index (Phi) is 4.74. The maximum atomic E-state index is 12.6. The zero-order valence-electron chi connectivity index (χ0n) is 11.3. The van der Waals surface area contributed by atoms with Crippen LogP contribution in [0.25, 0.3) is 0 Å². The predicted octanol–water partition coefficient (Wildman–Crippen LogP) is 0.212. The van der Waals surface area contributed by atoms with E-state index in [2.05, 4.69) is 5.32 Å². The van der Waals surface area contributed by atoms with Crippen molar-refractivity contribution in [2.24, 2.45) is 0 Å². The van der Waals surface area contributed by atoms with Gasteiger partial charge in [-0.3, -0.25) is 4.79 Å². The Bertz CT molecular complexity index is 559. The first kappa shape index (κ1) is 15.0. The summed E-state index contributed by atoms with van der Waals surface area (Å²) in [4.78, 5) is 12.1. The van der Waals surface area contributed by atoms with Gasteiger partial charge in [0.2, 0.25) is 10.0 Å². The number of esters is 1. The minimum absolute atomic E-state index is 0.191. The molecule has 1 aliphatic rings. The van der Waals surface area contributed by atoms with Crippen molar-refractivity contribution in [1.82, 2.24) is 9.62 Å². The van der Waals surface area contributed by atoms with Gasteiger partial charge in [-0.1, -0.05) is 18.2 Å². The van der Waals surface area contributed by atoms with Gasteiger partial charge in [-0.15, -0.1) is 0 Å². The van der Waals surface area contributed by atoms with Gasteiger partial charge in [0, 0.05) is 19.6 Å². The van der Waals surface area contributed by atoms with Gasteiger partial charge in [0.15, 0.2) is 0 Å². The summed E-state index contributed by atoms with van der Waals surface area (Å²) in [7, 11) is -3.68. The summed E-state index contributed by atoms with van der Waals surface area (Å²) in [6.07, 6.45) is 0. The van der Waals surface area contributed by atoms with Gasteiger partial charge in [0.25, 0.3) is 0 Å². The van der Waals surface area contributed by atoms with E-state index in [9.17, 15) is 13.2 Å². The zero-order chi connectivity index (χ0) is 14.6. The highest BCUT2D eigenvalue weighted by Gasteiger charge is 2.38. The van der Waals surface area contributed by atoms with Crippen LogP contribution in [0.15, 0.2) is 35.2 Å². The highest BCUT2D eigenvalue weighted by Crippen LogP contribution is 2.19. The minimum Gasteiger partial charge on any atom is -0.465 e. The van der Waals surface area contributed by atoms with Crippen LogP contribution in [0.5, 0.6) is 0 Å². The molecule has 0 aromatic heterocycles. The van der Waals surface area contributed by atoms with Crippen LogP contribution in [0.4, 0.5) is 0 Å². The van der Waals surface area contributed by atoms with Gasteiger partial charge in [0.1, 0.15) is 6.04 Å². The molecular formula is C13H18N2O4S. The van der Waals surface area contributed by atoms with E-state index in [4.69, 9.17) is 4.74 Å². The monoisotopic (exact) mass is 298 g/mol. The highest BCUT2D eigenvalue weighted by molar-refractivity contribution is 7.89. The molecule has 1 atom stereocenters. The third-order valence-electron chi connectivity index (χ3n) is 3.10. The van der Waals surface area contributed by atoms with Crippen LogP contribution in [0.2, 0.25) is 0 Å².